The fraction of sp³-hybridized carbons (Fsp3) is 0.320. The SMILES string of the molecule is CO[C@@H](C)C(=O)N1CCN(Cc2cn3cc(Oc4ccc(-c5ccn[nH]5)cc4)ccc3n2)CC1. The molecule has 3 aromatic heterocycles. The number of imidazole rings is 1. The average molecular weight is 461 g/mol. The number of aromatic nitrogens is 4. The van der Waals surface area contributed by atoms with Gasteiger partial charge in [0.1, 0.15) is 23.3 Å². The van der Waals surface area contributed by atoms with Crippen LogP contribution >= 0.6 is 0 Å². The number of nitrogens with zero attached hydrogens (tertiary/aromatic N) is 5. The summed E-state index contributed by atoms with van der Waals surface area (Å²) in [6.45, 7) is 5.58. The third-order valence-electron chi connectivity index (χ3n) is 6.15. The Bertz CT molecular complexity index is 1240. The number of carbonyl (C=O) groups is 1. The van der Waals surface area contributed by atoms with Gasteiger partial charge < -0.3 is 18.8 Å². The maximum absolute atomic E-state index is 12.3. The minimum atomic E-state index is -0.393. The summed E-state index contributed by atoms with van der Waals surface area (Å²) in [6, 6.07) is 13.7. The number of amides is 1. The Hall–Kier alpha value is -3.69. The molecule has 4 heterocycles. The number of hydrogen-bond acceptors (Lipinski definition) is 6. The summed E-state index contributed by atoms with van der Waals surface area (Å²) in [5.74, 6) is 1.56. The van der Waals surface area contributed by atoms with Gasteiger partial charge in [-0.25, -0.2) is 4.98 Å². The minimum absolute atomic E-state index is 0.0540. The average Bonchev–Trinajstić information content (AvgIpc) is 3.54. The molecule has 0 radical (unpaired) electrons. The molecule has 0 aliphatic carbocycles. The number of H-pyrrole nitrogens is 1. The van der Waals surface area contributed by atoms with Gasteiger partial charge in [0.05, 0.1) is 17.6 Å². The topological polar surface area (TPSA) is 88.0 Å². The quantitative estimate of drug-likeness (QED) is 0.456. The lowest BCUT2D eigenvalue weighted by molar-refractivity contribution is -0.142. The van der Waals surface area contributed by atoms with E-state index in [1.807, 2.05) is 64.2 Å². The predicted molar refractivity (Wildman–Crippen MR) is 128 cm³/mol. The van der Waals surface area contributed by atoms with E-state index >= 15 is 0 Å². The van der Waals surface area contributed by atoms with Gasteiger partial charge in [-0.2, -0.15) is 5.10 Å². The molecule has 5 rings (SSSR count). The molecule has 34 heavy (non-hydrogen) atoms. The number of benzene rings is 1. The summed E-state index contributed by atoms with van der Waals surface area (Å²) in [7, 11) is 1.57. The van der Waals surface area contributed by atoms with Crippen molar-refractivity contribution in [2.75, 3.05) is 33.3 Å². The maximum atomic E-state index is 12.3. The highest BCUT2D eigenvalue weighted by atomic mass is 16.5. The third-order valence-corrected chi connectivity index (χ3v) is 6.15. The van der Waals surface area contributed by atoms with Crippen LogP contribution in [-0.2, 0) is 16.1 Å². The van der Waals surface area contributed by atoms with Crippen LogP contribution in [0.15, 0.2) is 61.1 Å². The fourth-order valence-electron chi connectivity index (χ4n) is 4.13. The van der Waals surface area contributed by atoms with Crippen LogP contribution in [0.3, 0.4) is 0 Å². The first kappa shape index (κ1) is 22.1. The van der Waals surface area contributed by atoms with Crippen LogP contribution in [0.2, 0.25) is 0 Å². The number of nitrogens with one attached hydrogen (secondary N) is 1. The second-order valence-electron chi connectivity index (χ2n) is 8.44. The van der Waals surface area contributed by atoms with Crippen molar-refractivity contribution in [1.29, 1.82) is 0 Å². The Morgan fingerprint density at radius 2 is 1.79 bits per heavy atom. The molecule has 0 unspecified atom stereocenters. The van der Waals surface area contributed by atoms with Crippen LogP contribution in [0.25, 0.3) is 16.9 Å². The molecule has 1 amide bonds. The second-order valence-corrected chi connectivity index (χ2v) is 8.44. The van der Waals surface area contributed by atoms with Gasteiger partial charge in [-0.05, 0) is 55.0 Å². The van der Waals surface area contributed by atoms with Gasteiger partial charge in [-0.15, -0.1) is 0 Å². The van der Waals surface area contributed by atoms with Crippen LogP contribution < -0.4 is 4.74 Å². The molecule has 0 saturated carbocycles. The van der Waals surface area contributed by atoms with E-state index in [4.69, 9.17) is 14.5 Å². The Balaban J connectivity index is 1.20. The first-order valence-electron chi connectivity index (χ1n) is 11.4. The second kappa shape index (κ2) is 9.66. The monoisotopic (exact) mass is 460 g/mol. The van der Waals surface area contributed by atoms with Gasteiger partial charge in [0.15, 0.2) is 0 Å². The van der Waals surface area contributed by atoms with Crippen molar-refractivity contribution in [2.24, 2.45) is 0 Å². The standard InChI is InChI=1S/C25H28N6O3/c1-18(33-2)25(32)30-13-11-29(12-14-30)15-20-16-31-17-22(7-8-24(31)27-20)34-21-5-3-19(4-6-21)23-9-10-26-28-23/h3-10,16-18H,11-15H2,1-2H3,(H,26,28)/t18-/m0/s1. The van der Waals surface area contributed by atoms with Crippen molar-refractivity contribution in [3.63, 3.8) is 0 Å². The number of aromatic amines is 1. The number of rotatable bonds is 7. The Morgan fingerprint density at radius 3 is 2.50 bits per heavy atom. The van der Waals surface area contributed by atoms with Crippen molar-refractivity contribution < 1.29 is 14.3 Å². The zero-order valence-electron chi connectivity index (χ0n) is 19.3. The Morgan fingerprint density at radius 1 is 1.03 bits per heavy atom. The minimum Gasteiger partial charge on any atom is -0.456 e. The van der Waals surface area contributed by atoms with Gasteiger partial charge in [0, 0.05) is 52.2 Å². The van der Waals surface area contributed by atoms with Crippen molar-refractivity contribution in [3.8, 4) is 22.8 Å². The molecule has 1 aliphatic rings. The Labute approximate surface area is 197 Å². The highest BCUT2D eigenvalue weighted by molar-refractivity contribution is 5.80. The largest absolute Gasteiger partial charge is 0.456 e. The number of ether oxygens (including phenoxy) is 2. The van der Waals surface area contributed by atoms with Crippen molar-refractivity contribution in [3.05, 3.63) is 66.7 Å². The molecule has 1 atom stereocenters. The summed E-state index contributed by atoms with van der Waals surface area (Å²) < 4.78 is 13.2. The molecule has 1 N–H and O–H groups in total. The van der Waals surface area contributed by atoms with Gasteiger partial charge in [0.2, 0.25) is 0 Å². The van der Waals surface area contributed by atoms with E-state index in [9.17, 15) is 4.79 Å². The number of fused-ring (bicyclic) bond motifs is 1. The van der Waals surface area contributed by atoms with E-state index in [-0.39, 0.29) is 5.91 Å². The van der Waals surface area contributed by atoms with Crippen LogP contribution in [0, 0.1) is 0 Å². The molecule has 1 aromatic carbocycles. The molecular weight excluding hydrogens is 432 g/mol. The smallest absolute Gasteiger partial charge is 0.251 e. The van der Waals surface area contributed by atoms with Crippen LogP contribution in [0.5, 0.6) is 11.5 Å². The zero-order valence-corrected chi connectivity index (χ0v) is 19.3. The molecular formula is C25H28N6O3. The van der Waals surface area contributed by atoms with Crippen molar-refractivity contribution in [2.45, 2.75) is 19.6 Å². The van der Waals surface area contributed by atoms with Crippen LogP contribution in [0.1, 0.15) is 12.6 Å². The number of carbonyl (C=O) groups excluding carboxylic acids is 1. The number of pyridine rings is 1. The lowest BCUT2D eigenvalue weighted by atomic mass is 10.1. The molecule has 4 aromatic rings. The molecule has 176 valence electrons. The van der Waals surface area contributed by atoms with Crippen LogP contribution in [0.4, 0.5) is 0 Å². The molecule has 9 heteroatoms. The predicted octanol–water partition coefficient (Wildman–Crippen LogP) is 3.20. The lowest BCUT2D eigenvalue weighted by Crippen LogP contribution is -2.50. The fourth-order valence-corrected chi connectivity index (χ4v) is 4.13. The molecule has 9 nitrogen and oxygen atoms in total. The molecule has 1 fully saturated rings. The van der Waals surface area contributed by atoms with Crippen molar-refractivity contribution >= 4 is 11.6 Å². The first-order valence-corrected chi connectivity index (χ1v) is 11.4. The van der Waals surface area contributed by atoms with E-state index in [2.05, 4.69) is 15.1 Å². The summed E-state index contributed by atoms with van der Waals surface area (Å²) in [5, 5.41) is 6.95. The van der Waals surface area contributed by atoms with Gasteiger partial charge in [-0.3, -0.25) is 14.8 Å². The highest BCUT2D eigenvalue weighted by Gasteiger charge is 2.25. The van der Waals surface area contributed by atoms with Gasteiger partial charge in [0.25, 0.3) is 5.91 Å². The Kier molecular flexibility index (Phi) is 6.29. The lowest BCUT2D eigenvalue weighted by Gasteiger charge is -2.35. The summed E-state index contributed by atoms with van der Waals surface area (Å²) in [6.07, 6.45) is 5.32. The van der Waals surface area contributed by atoms with E-state index in [0.717, 1.165) is 53.7 Å². The van der Waals surface area contributed by atoms with Crippen molar-refractivity contribution in [1.82, 2.24) is 29.4 Å². The van der Waals surface area contributed by atoms with E-state index in [0.29, 0.717) is 13.1 Å². The van der Waals surface area contributed by atoms with Gasteiger partial charge >= 0.3 is 0 Å². The number of hydrogen-bond donors (Lipinski definition) is 1. The van der Waals surface area contributed by atoms with E-state index < -0.39 is 6.10 Å². The first-order chi connectivity index (χ1) is 16.6. The molecule has 0 spiro atoms. The third kappa shape index (κ3) is 4.80. The molecule has 1 saturated heterocycles. The van der Waals surface area contributed by atoms with E-state index in [1.165, 1.54) is 0 Å². The number of piperazine rings is 1. The molecule has 0 bridgehead atoms. The zero-order chi connectivity index (χ0) is 23.5. The van der Waals surface area contributed by atoms with Gasteiger partial charge in [-0.1, -0.05) is 0 Å². The highest BCUT2D eigenvalue weighted by Crippen LogP contribution is 2.25. The summed E-state index contributed by atoms with van der Waals surface area (Å²) in [4.78, 5) is 21.2. The maximum Gasteiger partial charge on any atom is 0.251 e. The van der Waals surface area contributed by atoms with Crippen LogP contribution in [-0.4, -0.2) is 74.7 Å². The normalized spacial score (nSPS) is 15.5. The van der Waals surface area contributed by atoms with E-state index in [1.54, 1.807) is 20.2 Å². The summed E-state index contributed by atoms with van der Waals surface area (Å²) in [5.41, 5.74) is 3.89. The number of methoxy groups -OCH3 is 1. The molecule has 1 aliphatic heterocycles. The summed E-state index contributed by atoms with van der Waals surface area (Å²) >= 11 is 0.